The number of amides is 2. The fourth-order valence-corrected chi connectivity index (χ4v) is 3.08. The Kier molecular flexibility index (Phi) is 8.19. The molecule has 0 radical (unpaired) electrons. The zero-order valence-electron chi connectivity index (χ0n) is 18.7. The van der Waals surface area contributed by atoms with Crippen LogP contribution in [0.15, 0.2) is 30.5 Å². The van der Waals surface area contributed by atoms with E-state index in [1.165, 1.54) is 4.68 Å². The summed E-state index contributed by atoms with van der Waals surface area (Å²) in [5, 5.41) is 4.10. The van der Waals surface area contributed by atoms with Gasteiger partial charge in [0, 0.05) is 6.54 Å². The molecule has 1 aromatic carbocycles. The highest BCUT2D eigenvalue weighted by atomic mass is 16.6. The Morgan fingerprint density at radius 1 is 1.25 bits per heavy atom. The molecule has 11 nitrogen and oxygen atoms in total. The SMILES string of the molecule is CC(C)(C)OC(=O)N1CCOC(COCc2ccc(-n3cc(N)c(C(N)=O)n3)cc2)C1.N. The maximum absolute atomic E-state index is 12.2. The van der Waals surface area contributed by atoms with Crippen molar-refractivity contribution in [1.82, 2.24) is 20.8 Å². The number of carbonyl (C=O) groups excluding carboxylic acids is 2. The number of ether oxygens (including phenoxy) is 3. The summed E-state index contributed by atoms with van der Waals surface area (Å²) in [5.74, 6) is -0.670. The standard InChI is InChI=1S/C21H29N5O5.H3N/c1-21(2,3)31-20(28)25-8-9-30-16(10-25)13-29-12-14-4-6-15(7-5-14)26-11-17(22)18(24-26)19(23)27;/h4-7,11,16H,8-10,12-13,22H2,1-3H3,(H2,23,27);1H3. The van der Waals surface area contributed by atoms with Gasteiger partial charge in [-0.2, -0.15) is 5.10 Å². The number of nitrogens with zero attached hydrogens (tertiary/aromatic N) is 3. The van der Waals surface area contributed by atoms with Crippen LogP contribution in [0, 0.1) is 0 Å². The van der Waals surface area contributed by atoms with E-state index in [9.17, 15) is 9.59 Å². The molecule has 2 heterocycles. The van der Waals surface area contributed by atoms with Gasteiger partial charge in [-0.15, -0.1) is 0 Å². The summed E-state index contributed by atoms with van der Waals surface area (Å²) < 4.78 is 18.4. The summed E-state index contributed by atoms with van der Waals surface area (Å²) in [5.41, 5.74) is 12.4. The minimum absolute atomic E-state index is 0. The molecule has 1 fully saturated rings. The average Bonchev–Trinajstić information content (AvgIpc) is 3.09. The Bertz CT molecular complexity index is 922. The highest BCUT2D eigenvalue weighted by Crippen LogP contribution is 2.16. The van der Waals surface area contributed by atoms with Crippen LogP contribution in [0.3, 0.4) is 0 Å². The monoisotopic (exact) mass is 448 g/mol. The van der Waals surface area contributed by atoms with Gasteiger partial charge in [-0.05, 0) is 38.5 Å². The molecule has 1 aliphatic rings. The first-order valence-electron chi connectivity index (χ1n) is 10.0. The van der Waals surface area contributed by atoms with E-state index in [4.69, 9.17) is 25.7 Å². The number of primary amides is 1. The molecule has 176 valence electrons. The normalized spacial score (nSPS) is 16.3. The van der Waals surface area contributed by atoms with Crippen molar-refractivity contribution in [2.45, 2.75) is 39.1 Å². The van der Waals surface area contributed by atoms with Crippen molar-refractivity contribution in [3.05, 3.63) is 41.7 Å². The minimum Gasteiger partial charge on any atom is -0.444 e. The third-order valence-corrected chi connectivity index (χ3v) is 4.54. The largest absolute Gasteiger partial charge is 0.444 e. The van der Waals surface area contributed by atoms with Crippen molar-refractivity contribution < 1.29 is 23.8 Å². The van der Waals surface area contributed by atoms with Gasteiger partial charge in [0.25, 0.3) is 5.91 Å². The van der Waals surface area contributed by atoms with Gasteiger partial charge in [-0.3, -0.25) is 4.79 Å². The van der Waals surface area contributed by atoms with Crippen LogP contribution in [0.5, 0.6) is 0 Å². The van der Waals surface area contributed by atoms with Gasteiger partial charge in [0.1, 0.15) is 5.60 Å². The second-order valence-electron chi connectivity index (χ2n) is 8.34. The minimum atomic E-state index is -0.670. The molecule has 1 aliphatic heterocycles. The third-order valence-electron chi connectivity index (χ3n) is 4.54. The fourth-order valence-electron chi connectivity index (χ4n) is 3.08. The predicted octanol–water partition coefficient (Wildman–Crippen LogP) is 1.87. The topological polar surface area (TPSA) is 170 Å². The van der Waals surface area contributed by atoms with Crippen molar-refractivity contribution in [3.8, 4) is 5.69 Å². The van der Waals surface area contributed by atoms with E-state index in [2.05, 4.69) is 5.10 Å². The van der Waals surface area contributed by atoms with Crippen LogP contribution in [0.2, 0.25) is 0 Å². The molecule has 1 aromatic heterocycles. The number of rotatable bonds is 6. The van der Waals surface area contributed by atoms with Crippen LogP contribution in [-0.4, -0.2) is 64.7 Å². The summed E-state index contributed by atoms with van der Waals surface area (Å²) in [6.07, 6.45) is 0.998. The fraction of sp³-hybridized carbons (Fsp3) is 0.476. The highest BCUT2D eigenvalue weighted by molar-refractivity contribution is 5.95. The number of anilines is 1. The molecule has 1 saturated heterocycles. The van der Waals surface area contributed by atoms with E-state index in [0.717, 1.165) is 11.3 Å². The Morgan fingerprint density at radius 3 is 2.53 bits per heavy atom. The molecule has 1 unspecified atom stereocenters. The van der Waals surface area contributed by atoms with E-state index in [-0.39, 0.29) is 29.7 Å². The van der Waals surface area contributed by atoms with Crippen LogP contribution in [0.4, 0.5) is 10.5 Å². The molecule has 0 bridgehead atoms. The molecule has 0 aliphatic carbocycles. The van der Waals surface area contributed by atoms with Crippen molar-refractivity contribution in [1.29, 1.82) is 0 Å². The number of carbonyl (C=O) groups is 2. The zero-order chi connectivity index (χ0) is 22.6. The number of hydrogen-bond donors (Lipinski definition) is 3. The lowest BCUT2D eigenvalue weighted by atomic mass is 10.2. The molecule has 0 saturated carbocycles. The molecule has 2 aromatic rings. The van der Waals surface area contributed by atoms with Gasteiger partial charge in [0.2, 0.25) is 0 Å². The first kappa shape index (κ1) is 25.1. The van der Waals surface area contributed by atoms with Gasteiger partial charge >= 0.3 is 6.09 Å². The lowest BCUT2D eigenvalue weighted by Crippen LogP contribution is -2.48. The lowest BCUT2D eigenvalue weighted by molar-refractivity contribution is -0.0750. The van der Waals surface area contributed by atoms with E-state index in [0.29, 0.717) is 32.9 Å². The smallest absolute Gasteiger partial charge is 0.410 e. The third kappa shape index (κ3) is 6.67. The molecular formula is C21H32N6O5. The number of hydrogen-bond acceptors (Lipinski definition) is 8. The van der Waals surface area contributed by atoms with Crippen LogP contribution >= 0.6 is 0 Å². The lowest BCUT2D eigenvalue weighted by Gasteiger charge is -2.34. The number of nitrogens with two attached hydrogens (primary N) is 2. The summed E-state index contributed by atoms with van der Waals surface area (Å²) >= 11 is 0. The maximum atomic E-state index is 12.2. The van der Waals surface area contributed by atoms with E-state index >= 15 is 0 Å². The Hall–Kier alpha value is -3.15. The summed E-state index contributed by atoms with van der Waals surface area (Å²) in [6.45, 7) is 7.65. The molecule has 32 heavy (non-hydrogen) atoms. The van der Waals surface area contributed by atoms with Crippen LogP contribution < -0.4 is 17.6 Å². The van der Waals surface area contributed by atoms with E-state index in [1.54, 1.807) is 11.1 Å². The molecule has 11 heteroatoms. The predicted molar refractivity (Wildman–Crippen MR) is 119 cm³/mol. The first-order valence-corrected chi connectivity index (χ1v) is 10.0. The number of nitrogen functional groups attached to an aromatic ring is 1. The van der Waals surface area contributed by atoms with Crippen LogP contribution in [0.1, 0.15) is 36.8 Å². The first-order chi connectivity index (χ1) is 14.6. The molecule has 0 spiro atoms. The number of aromatic nitrogens is 2. The highest BCUT2D eigenvalue weighted by Gasteiger charge is 2.28. The molecular weight excluding hydrogens is 416 g/mol. The summed E-state index contributed by atoms with van der Waals surface area (Å²) in [7, 11) is 0. The Morgan fingerprint density at radius 2 is 1.94 bits per heavy atom. The summed E-state index contributed by atoms with van der Waals surface area (Å²) in [6, 6.07) is 7.48. The second kappa shape index (κ2) is 10.4. The van der Waals surface area contributed by atoms with Crippen molar-refractivity contribution in [3.63, 3.8) is 0 Å². The number of benzene rings is 1. The molecule has 2 amide bonds. The second-order valence-corrected chi connectivity index (χ2v) is 8.34. The molecule has 7 N–H and O–H groups in total. The van der Waals surface area contributed by atoms with Crippen molar-refractivity contribution in [2.24, 2.45) is 5.73 Å². The van der Waals surface area contributed by atoms with Crippen molar-refractivity contribution in [2.75, 3.05) is 32.0 Å². The Labute approximate surface area is 187 Å². The van der Waals surface area contributed by atoms with Crippen LogP contribution in [-0.2, 0) is 20.8 Å². The zero-order valence-corrected chi connectivity index (χ0v) is 18.7. The summed E-state index contributed by atoms with van der Waals surface area (Å²) in [4.78, 5) is 25.2. The molecule has 3 rings (SSSR count). The van der Waals surface area contributed by atoms with Gasteiger partial charge in [-0.1, -0.05) is 12.1 Å². The van der Waals surface area contributed by atoms with E-state index in [1.807, 2.05) is 45.0 Å². The number of morpholine rings is 1. The average molecular weight is 449 g/mol. The van der Waals surface area contributed by atoms with Crippen LogP contribution in [0.25, 0.3) is 5.69 Å². The maximum Gasteiger partial charge on any atom is 0.410 e. The quantitative estimate of drug-likeness (QED) is 0.601. The van der Waals surface area contributed by atoms with Gasteiger partial charge in [-0.25, -0.2) is 9.48 Å². The van der Waals surface area contributed by atoms with Gasteiger partial charge in [0.15, 0.2) is 5.69 Å². The van der Waals surface area contributed by atoms with Gasteiger partial charge in [0.05, 0.1) is 50.0 Å². The van der Waals surface area contributed by atoms with E-state index < -0.39 is 11.5 Å². The Balaban J connectivity index is 0.00000363. The van der Waals surface area contributed by atoms with Crippen molar-refractivity contribution >= 4 is 17.7 Å². The molecule has 1 atom stereocenters. The van der Waals surface area contributed by atoms with Gasteiger partial charge < -0.3 is 36.7 Å².